The zero-order chi connectivity index (χ0) is 19.0. The van der Waals surface area contributed by atoms with Gasteiger partial charge in [-0.3, -0.25) is 15.3 Å². The summed E-state index contributed by atoms with van der Waals surface area (Å²) in [6, 6.07) is 5.23. The van der Waals surface area contributed by atoms with Crippen molar-refractivity contribution in [1.29, 1.82) is 0 Å². The SMILES string of the molecule is CC(=O)Oc1ccccc1C(=O)[C@]1(O)[C@@H](O)[C@@H](O)[C@@H](CO)O[C@@]1(N)O. The maximum Gasteiger partial charge on any atom is 0.308 e. The third-order valence-electron chi connectivity index (χ3n) is 3.92. The molecule has 0 aromatic heterocycles. The van der Waals surface area contributed by atoms with E-state index in [-0.39, 0.29) is 11.3 Å². The quantitative estimate of drug-likeness (QED) is 0.143. The van der Waals surface area contributed by atoms with E-state index in [4.69, 9.17) is 20.3 Å². The molecule has 1 aromatic carbocycles. The maximum atomic E-state index is 12.8. The Morgan fingerprint density at radius 3 is 2.44 bits per heavy atom. The molecule has 0 radical (unpaired) electrons. The van der Waals surface area contributed by atoms with Crippen LogP contribution in [-0.4, -0.2) is 73.7 Å². The fourth-order valence-corrected chi connectivity index (χ4v) is 2.60. The van der Waals surface area contributed by atoms with E-state index in [9.17, 15) is 30.0 Å². The summed E-state index contributed by atoms with van der Waals surface area (Å²) in [5, 5.41) is 50.0. The topological polar surface area (TPSA) is 180 Å². The zero-order valence-corrected chi connectivity index (χ0v) is 13.2. The van der Waals surface area contributed by atoms with Crippen molar-refractivity contribution in [1.82, 2.24) is 0 Å². The molecule has 1 aliphatic heterocycles. The van der Waals surface area contributed by atoms with Gasteiger partial charge in [0.25, 0.3) is 5.91 Å². The highest BCUT2D eigenvalue weighted by Gasteiger charge is 2.66. The lowest BCUT2D eigenvalue weighted by Crippen LogP contribution is -2.79. The third-order valence-corrected chi connectivity index (χ3v) is 3.92. The van der Waals surface area contributed by atoms with E-state index in [0.717, 1.165) is 13.0 Å². The number of carbonyl (C=O) groups excluding carboxylic acids is 2. The fourth-order valence-electron chi connectivity index (χ4n) is 2.60. The average molecular weight is 357 g/mol. The van der Waals surface area contributed by atoms with Gasteiger partial charge >= 0.3 is 5.97 Å². The molecule has 7 N–H and O–H groups in total. The number of para-hydroxylation sites is 1. The van der Waals surface area contributed by atoms with E-state index in [0.29, 0.717) is 0 Å². The molecular formula is C15H19NO9. The van der Waals surface area contributed by atoms with E-state index < -0.39 is 48.2 Å². The Morgan fingerprint density at radius 1 is 1.28 bits per heavy atom. The van der Waals surface area contributed by atoms with Gasteiger partial charge in [-0.15, -0.1) is 0 Å². The minimum Gasteiger partial charge on any atom is -0.426 e. The summed E-state index contributed by atoms with van der Waals surface area (Å²) < 4.78 is 9.64. The monoisotopic (exact) mass is 357 g/mol. The molecular weight excluding hydrogens is 338 g/mol. The van der Waals surface area contributed by atoms with Gasteiger partial charge in [-0.2, -0.15) is 0 Å². The van der Waals surface area contributed by atoms with Crippen LogP contribution < -0.4 is 10.5 Å². The summed E-state index contributed by atoms with van der Waals surface area (Å²) in [4.78, 5) is 24.0. The Labute approximate surface area is 142 Å². The van der Waals surface area contributed by atoms with Crippen LogP contribution in [0.25, 0.3) is 0 Å². The van der Waals surface area contributed by atoms with Crippen LogP contribution in [0.2, 0.25) is 0 Å². The molecule has 0 bridgehead atoms. The van der Waals surface area contributed by atoms with Crippen molar-refractivity contribution < 1.29 is 44.6 Å². The zero-order valence-electron chi connectivity index (χ0n) is 13.2. The van der Waals surface area contributed by atoms with Gasteiger partial charge in [0.15, 0.2) is 0 Å². The molecule has 1 aliphatic rings. The first kappa shape index (κ1) is 19.4. The van der Waals surface area contributed by atoms with E-state index in [1.807, 2.05) is 0 Å². The van der Waals surface area contributed by atoms with Crippen LogP contribution in [-0.2, 0) is 9.53 Å². The summed E-state index contributed by atoms with van der Waals surface area (Å²) >= 11 is 0. The van der Waals surface area contributed by atoms with Crippen molar-refractivity contribution in [2.75, 3.05) is 6.61 Å². The van der Waals surface area contributed by atoms with Gasteiger partial charge in [-0.05, 0) is 12.1 Å². The van der Waals surface area contributed by atoms with Crippen molar-refractivity contribution in [2.24, 2.45) is 5.73 Å². The van der Waals surface area contributed by atoms with Gasteiger partial charge in [0.2, 0.25) is 11.4 Å². The van der Waals surface area contributed by atoms with Crippen molar-refractivity contribution >= 4 is 11.8 Å². The largest absolute Gasteiger partial charge is 0.426 e. The van der Waals surface area contributed by atoms with Crippen LogP contribution in [0.3, 0.4) is 0 Å². The number of rotatable bonds is 4. The summed E-state index contributed by atoms with van der Waals surface area (Å²) in [6.45, 7) is 0.245. The van der Waals surface area contributed by atoms with Gasteiger partial charge in [0.1, 0.15) is 24.1 Å². The standard InChI is InChI=1S/C15H19NO9/c1-7(18)24-9-5-3-2-4-8(9)12(20)14(22)13(21)11(19)10(6-17)25-15(14,16)23/h2-5,10-11,13,17,19,21-23H,6,16H2,1H3/t10-,11+,13+,14+,15+/m1/s1. The molecule has 25 heavy (non-hydrogen) atoms. The van der Waals surface area contributed by atoms with Crippen LogP contribution in [0.5, 0.6) is 5.75 Å². The number of Topliss-reactive ketones (excluding diaryl/α,β-unsaturated/α-hetero) is 1. The van der Waals surface area contributed by atoms with Gasteiger partial charge in [-0.25, -0.2) is 0 Å². The fraction of sp³-hybridized carbons (Fsp3) is 0.467. The van der Waals surface area contributed by atoms with Crippen LogP contribution in [0, 0.1) is 0 Å². The molecule has 0 amide bonds. The summed E-state index contributed by atoms with van der Waals surface area (Å²) in [5.74, 6) is -5.50. The second-order valence-corrected chi connectivity index (χ2v) is 5.66. The van der Waals surface area contributed by atoms with Crippen LogP contribution >= 0.6 is 0 Å². The molecule has 1 fully saturated rings. The number of ether oxygens (including phenoxy) is 2. The first-order chi connectivity index (χ1) is 11.6. The lowest BCUT2D eigenvalue weighted by Gasteiger charge is -2.49. The summed E-state index contributed by atoms with van der Waals surface area (Å²) in [7, 11) is 0. The number of aliphatic hydroxyl groups is 5. The second kappa shape index (κ2) is 6.77. The highest BCUT2D eigenvalue weighted by molar-refractivity contribution is 6.06. The van der Waals surface area contributed by atoms with Crippen LogP contribution in [0.15, 0.2) is 24.3 Å². The van der Waals surface area contributed by atoms with Crippen molar-refractivity contribution in [3.63, 3.8) is 0 Å². The van der Waals surface area contributed by atoms with Gasteiger partial charge in [0, 0.05) is 6.92 Å². The lowest BCUT2D eigenvalue weighted by atomic mass is 9.78. The first-order valence-corrected chi connectivity index (χ1v) is 7.27. The molecule has 0 unspecified atom stereocenters. The molecule has 0 saturated carbocycles. The summed E-state index contributed by atoms with van der Waals surface area (Å²) in [6.07, 6.45) is -5.77. The molecule has 5 atom stereocenters. The first-order valence-electron chi connectivity index (χ1n) is 7.27. The van der Waals surface area contributed by atoms with Crippen molar-refractivity contribution in [2.45, 2.75) is 36.7 Å². The lowest BCUT2D eigenvalue weighted by molar-refractivity contribution is -0.369. The van der Waals surface area contributed by atoms with E-state index in [1.54, 1.807) is 0 Å². The van der Waals surface area contributed by atoms with Crippen molar-refractivity contribution in [3.05, 3.63) is 29.8 Å². The van der Waals surface area contributed by atoms with E-state index >= 15 is 0 Å². The second-order valence-electron chi connectivity index (χ2n) is 5.66. The third kappa shape index (κ3) is 3.16. The van der Waals surface area contributed by atoms with Crippen molar-refractivity contribution in [3.8, 4) is 5.75 Å². The number of hydrogen-bond acceptors (Lipinski definition) is 10. The van der Waals surface area contributed by atoms with Crippen LogP contribution in [0.1, 0.15) is 17.3 Å². The average Bonchev–Trinajstić information content (AvgIpc) is 2.55. The molecule has 1 aromatic rings. The molecule has 10 nitrogen and oxygen atoms in total. The Balaban J connectivity index is 2.52. The van der Waals surface area contributed by atoms with Gasteiger partial charge < -0.3 is 35.0 Å². The highest BCUT2D eigenvalue weighted by atomic mass is 16.7. The smallest absolute Gasteiger partial charge is 0.308 e. The van der Waals surface area contributed by atoms with Crippen LogP contribution in [0.4, 0.5) is 0 Å². The number of hydrogen-bond donors (Lipinski definition) is 6. The Kier molecular flexibility index (Phi) is 5.25. The molecule has 0 spiro atoms. The molecule has 1 heterocycles. The number of carbonyl (C=O) groups is 2. The van der Waals surface area contributed by atoms with Gasteiger partial charge in [0.05, 0.1) is 12.2 Å². The highest BCUT2D eigenvalue weighted by Crippen LogP contribution is 2.37. The predicted octanol–water partition coefficient (Wildman–Crippen LogP) is -2.76. The molecule has 2 rings (SSSR count). The molecule has 138 valence electrons. The number of aliphatic hydroxyl groups excluding tert-OH is 3. The van der Waals surface area contributed by atoms with Gasteiger partial charge in [-0.1, -0.05) is 12.1 Å². The molecule has 1 saturated heterocycles. The number of nitrogens with two attached hydrogens (primary N) is 1. The Bertz CT molecular complexity index is 677. The Hall–Kier alpha value is -1.92. The number of ketones is 1. The maximum absolute atomic E-state index is 12.8. The minimum atomic E-state index is -3.20. The normalized spacial score (nSPS) is 35.2. The number of esters is 1. The number of benzene rings is 1. The molecule has 10 heteroatoms. The van der Waals surface area contributed by atoms with E-state index in [1.165, 1.54) is 18.2 Å². The van der Waals surface area contributed by atoms with E-state index in [2.05, 4.69) is 0 Å². The molecule has 0 aliphatic carbocycles. The predicted molar refractivity (Wildman–Crippen MR) is 80.1 cm³/mol. The minimum absolute atomic E-state index is 0.254. The summed E-state index contributed by atoms with van der Waals surface area (Å²) in [5.41, 5.74) is 1.85. The Morgan fingerprint density at radius 2 is 1.88 bits per heavy atom.